The molecule has 0 unspecified atom stereocenters. The Hall–Kier alpha value is -1.75. The number of aromatic hydroxyl groups is 2. The first-order valence-corrected chi connectivity index (χ1v) is 4.44. The molecule has 0 bridgehead atoms. The van der Waals surface area contributed by atoms with Crippen LogP contribution in [0.15, 0.2) is 18.2 Å². The van der Waals surface area contributed by atoms with Gasteiger partial charge in [-0.05, 0) is 24.2 Å². The number of hydrogen-bond donors (Lipinski definition) is 4. The maximum Gasteiger partial charge on any atom is 0.307 e. The molecule has 0 aliphatic rings. The lowest BCUT2D eigenvalue weighted by molar-refractivity contribution is -0.136. The second kappa shape index (κ2) is 6.67. The Balaban J connectivity index is 0.000000583. The van der Waals surface area contributed by atoms with Gasteiger partial charge >= 0.3 is 5.97 Å². The maximum absolute atomic E-state index is 10.2. The molecule has 84 valence electrons. The number of benzene rings is 1. The summed E-state index contributed by atoms with van der Waals surface area (Å²) >= 11 is 0. The summed E-state index contributed by atoms with van der Waals surface area (Å²) in [6, 6.07) is 3.93. The number of carbonyl (C=O) groups is 1. The van der Waals surface area contributed by atoms with Crippen molar-refractivity contribution >= 4 is 5.97 Å². The number of carboxylic acids is 1. The van der Waals surface area contributed by atoms with Crippen LogP contribution in [0.1, 0.15) is 12.5 Å². The van der Waals surface area contributed by atoms with Crippen LogP contribution in [0.25, 0.3) is 0 Å². The summed E-state index contributed by atoms with van der Waals surface area (Å²) in [6.07, 6.45) is -0.159. The molecule has 5 heteroatoms. The molecular formula is C10H15NO4. The van der Waals surface area contributed by atoms with Crippen molar-refractivity contribution in [3.8, 4) is 11.5 Å². The van der Waals surface area contributed by atoms with Crippen molar-refractivity contribution in [1.82, 2.24) is 0 Å². The monoisotopic (exact) mass is 213 g/mol. The van der Waals surface area contributed by atoms with E-state index in [0.29, 0.717) is 5.56 Å². The van der Waals surface area contributed by atoms with Crippen molar-refractivity contribution in [3.63, 3.8) is 0 Å². The second-order valence-corrected chi connectivity index (χ2v) is 2.80. The third kappa shape index (κ3) is 5.53. The molecule has 0 heterocycles. The predicted molar refractivity (Wildman–Crippen MR) is 55.8 cm³/mol. The lowest BCUT2D eigenvalue weighted by atomic mass is 10.1. The predicted octanol–water partition coefficient (Wildman–Crippen LogP) is 0.690. The third-order valence-corrected chi connectivity index (χ3v) is 1.40. The molecule has 1 aromatic carbocycles. The van der Waals surface area contributed by atoms with Crippen LogP contribution in [0.5, 0.6) is 11.5 Å². The fourth-order valence-corrected chi connectivity index (χ4v) is 0.854. The van der Waals surface area contributed by atoms with E-state index in [-0.39, 0.29) is 17.9 Å². The smallest absolute Gasteiger partial charge is 0.307 e. The topological polar surface area (TPSA) is 104 Å². The zero-order chi connectivity index (χ0) is 11.8. The molecular weight excluding hydrogens is 198 g/mol. The Labute approximate surface area is 87.8 Å². The van der Waals surface area contributed by atoms with Crippen LogP contribution in [0.4, 0.5) is 0 Å². The summed E-state index contributed by atoms with van der Waals surface area (Å²) in [6.45, 7) is 2.65. The zero-order valence-electron chi connectivity index (χ0n) is 8.47. The van der Waals surface area contributed by atoms with Crippen LogP contribution < -0.4 is 5.73 Å². The van der Waals surface area contributed by atoms with Gasteiger partial charge in [-0.3, -0.25) is 4.79 Å². The molecule has 0 spiro atoms. The van der Waals surface area contributed by atoms with Gasteiger partial charge in [0.1, 0.15) is 0 Å². The molecule has 1 aromatic rings. The minimum atomic E-state index is -0.972. The number of nitrogens with two attached hydrogens (primary N) is 1. The molecule has 0 radical (unpaired) electrons. The zero-order valence-corrected chi connectivity index (χ0v) is 8.47. The molecule has 0 saturated carbocycles. The molecule has 0 amide bonds. The number of aliphatic carboxylic acids is 1. The maximum atomic E-state index is 10.2. The summed E-state index contributed by atoms with van der Waals surface area (Å²) in [5, 5.41) is 26.2. The fourth-order valence-electron chi connectivity index (χ4n) is 0.854. The summed E-state index contributed by atoms with van der Waals surface area (Å²) in [7, 11) is 0. The van der Waals surface area contributed by atoms with E-state index in [9.17, 15) is 4.79 Å². The van der Waals surface area contributed by atoms with Gasteiger partial charge in [0.25, 0.3) is 0 Å². The van der Waals surface area contributed by atoms with Crippen molar-refractivity contribution < 1.29 is 20.1 Å². The van der Waals surface area contributed by atoms with Gasteiger partial charge in [0.15, 0.2) is 11.5 Å². The average molecular weight is 213 g/mol. The van der Waals surface area contributed by atoms with Gasteiger partial charge in [0, 0.05) is 0 Å². The molecule has 0 aromatic heterocycles. The van der Waals surface area contributed by atoms with E-state index in [2.05, 4.69) is 0 Å². The van der Waals surface area contributed by atoms with Gasteiger partial charge in [-0.2, -0.15) is 0 Å². The Morgan fingerprint density at radius 3 is 2.27 bits per heavy atom. The molecule has 5 N–H and O–H groups in total. The number of hydrogen-bond acceptors (Lipinski definition) is 4. The summed E-state index contributed by atoms with van der Waals surface area (Å²) in [5.74, 6) is -1.52. The lowest BCUT2D eigenvalue weighted by Crippen LogP contribution is -1.99. The van der Waals surface area contributed by atoms with Crippen LogP contribution in [-0.2, 0) is 11.2 Å². The number of phenolic OH excluding ortho intramolecular Hbond substituents is 2. The van der Waals surface area contributed by atoms with Crippen molar-refractivity contribution in [2.75, 3.05) is 6.54 Å². The largest absolute Gasteiger partial charge is 0.504 e. The highest BCUT2D eigenvalue weighted by molar-refractivity contribution is 5.70. The van der Waals surface area contributed by atoms with Crippen LogP contribution >= 0.6 is 0 Å². The minimum absolute atomic E-state index is 0.159. The highest BCUT2D eigenvalue weighted by Crippen LogP contribution is 2.24. The minimum Gasteiger partial charge on any atom is -0.504 e. The SMILES string of the molecule is CCN.O=C(O)Cc1ccc(O)c(O)c1. The number of carboxylic acid groups (broad SMARTS) is 1. The van der Waals surface area contributed by atoms with E-state index in [4.69, 9.17) is 21.1 Å². The molecule has 0 fully saturated rings. The molecule has 0 aliphatic heterocycles. The van der Waals surface area contributed by atoms with Gasteiger partial charge in [0.2, 0.25) is 0 Å². The van der Waals surface area contributed by atoms with Crippen LogP contribution in [-0.4, -0.2) is 27.8 Å². The van der Waals surface area contributed by atoms with Gasteiger partial charge in [-0.1, -0.05) is 13.0 Å². The standard InChI is InChI=1S/C8H8O4.C2H7N/c9-6-2-1-5(3-7(6)10)4-8(11)12;1-2-3/h1-3,9-10H,4H2,(H,11,12);2-3H2,1H3. The van der Waals surface area contributed by atoms with Crippen molar-refractivity contribution in [2.45, 2.75) is 13.3 Å². The first kappa shape index (κ1) is 13.2. The fraction of sp³-hybridized carbons (Fsp3) is 0.300. The molecule has 15 heavy (non-hydrogen) atoms. The molecule has 0 atom stereocenters. The molecule has 1 rings (SSSR count). The first-order chi connectivity index (χ1) is 7.01. The Kier molecular flexibility index (Phi) is 5.89. The summed E-state index contributed by atoms with van der Waals surface area (Å²) in [5.41, 5.74) is 5.30. The van der Waals surface area contributed by atoms with E-state index in [0.717, 1.165) is 6.54 Å². The van der Waals surface area contributed by atoms with E-state index in [1.54, 1.807) is 0 Å². The highest BCUT2D eigenvalue weighted by atomic mass is 16.4. The number of phenols is 2. The first-order valence-electron chi connectivity index (χ1n) is 4.44. The highest BCUT2D eigenvalue weighted by Gasteiger charge is 2.03. The Morgan fingerprint density at radius 1 is 1.33 bits per heavy atom. The van der Waals surface area contributed by atoms with Crippen molar-refractivity contribution in [2.24, 2.45) is 5.73 Å². The number of rotatable bonds is 2. The lowest BCUT2D eigenvalue weighted by Gasteiger charge is -1.99. The van der Waals surface area contributed by atoms with Gasteiger partial charge in [0.05, 0.1) is 6.42 Å². The quantitative estimate of drug-likeness (QED) is 0.541. The van der Waals surface area contributed by atoms with Crippen LogP contribution in [0, 0.1) is 0 Å². The Bertz CT molecular complexity index is 325. The van der Waals surface area contributed by atoms with Gasteiger partial charge in [-0.25, -0.2) is 0 Å². The van der Waals surface area contributed by atoms with Crippen molar-refractivity contribution in [1.29, 1.82) is 0 Å². The van der Waals surface area contributed by atoms with E-state index >= 15 is 0 Å². The van der Waals surface area contributed by atoms with E-state index in [1.807, 2.05) is 6.92 Å². The van der Waals surface area contributed by atoms with E-state index < -0.39 is 5.97 Å². The average Bonchev–Trinajstić information content (AvgIpc) is 2.12. The van der Waals surface area contributed by atoms with Crippen LogP contribution in [0.2, 0.25) is 0 Å². The molecule has 0 aliphatic carbocycles. The normalized spacial score (nSPS) is 8.93. The molecule has 5 nitrogen and oxygen atoms in total. The summed E-state index contributed by atoms with van der Waals surface area (Å²) < 4.78 is 0. The second-order valence-electron chi connectivity index (χ2n) is 2.80. The third-order valence-electron chi connectivity index (χ3n) is 1.40. The van der Waals surface area contributed by atoms with Gasteiger partial charge in [-0.15, -0.1) is 0 Å². The van der Waals surface area contributed by atoms with Crippen LogP contribution in [0.3, 0.4) is 0 Å². The Morgan fingerprint density at radius 2 is 1.87 bits per heavy atom. The molecule has 0 saturated heterocycles. The van der Waals surface area contributed by atoms with Crippen molar-refractivity contribution in [3.05, 3.63) is 23.8 Å². The van der Waals surface area contributed by atoms with Gasteiger partial charge < -0.3 is 21.1 Å². The van der Waals surface area contributed by atoms with E-state index in [1.165, 1.54) is 18.2 Å². The summed E-state index contributed by atoms with van der Waals surface area (Å²) in [4.78, 5) is 10.2.